The number of carbonyl (C=O) groups excluding carboxylic acids is 1. The van der Waals surface area contributed by atoms with E-state index in [0.29, 0.717) is 10.8 Å². The van der Waals surface area contributed by atoms with Crippen LogP contribution < -0.4 is 0 Å². The first-order valence-corrected chi connectivity index (χ1v) is 5.22. The molecule has 16 heavy (non-hydrogen) atoms. The Kier molecular flexibility index (Phi) is 1.87. The topological polar surface area (TPSA) is 71.0 Å². The highest BCUT2D eigenvalue weighted by molar-refractivity contribution is 6.34. The van der Waals surface area contributed by atoms with Gasteiger partial charge < -0.3 is 4.98 Å². The Morgan fingerprint density at radius 2 is 2.31 bits per heavy atom. The minimum atomic E-state index is -0.450. The van der Waals surface area contributed by atoms with Gasteiger partial charge in [0, 0.05) is 11.8 Å². The zero-order chi connectivity index (χ0) is 11.2. The summed E-state index contributed by atoms with van der Waals surface area (Å²) < 4.78 is 0. The Balaban J connectivity index is 2.29. The van der Waals surface area contributed by atoms with Crippen molar-refractivity contribution in [3.05, 3.63) is 23.2 Å². The minimum Gasteiger partial charge on any atom is -0.346 e. The summed E-state index contributed by atoms with van der Waals surface area (Å²) in [6.07, 6.45) is 6.47. The summed E-state index contributed by atoms with van der Waals surface area (Å²) in [5.41, 5.74) is 1.10. The Bertz CT molecular complexity index is 610. The van der Waals surface area contributed by atoms with Gasteiger partial charge in [-0.2, -0.15) is 4.99 Å². The predicted octanol–water partition coefficient (Wildman–Crippen LogP) is 1.94. The van der Waals surface area contributed by atoms with Crippen LogP contribution in [0.15, 0.2) is 17.5 Å². The summed E-state index contributed by atoms with van der Waals surface area (Å²) in [6, 6.07) is 0. The Labute approximate surface area is 95.6 Å². The molecule has 0 bridgehead atoms. The van der Waals surface area contributed by atoms with Crippen LogP contribution in [0.3, 0.4) is 0 Å². The number of halogens is 1. The van der Waals surface area contributed by atoms with Gasteiger partial charge in [0.2, 0.25) is 6.08 Å². The summed E-state index contributed by atoms with van der Waals surface area (Å²) in [6.45, 7) is 0. The normalized spacial score (nSPS) is 17.1. The fourth-order valence-corrected chi connectivity index (χ4v) is 2.17. The first-order chi connectivity index (χ1) is 7.77. The van der Waals surface area contributed by atoms with Crippen molar-refractivity contribution in [2.45, 2.75) is 18.4 Å². The van der Waals surface area contributed by atoms with E-state index in [1.807, 2.05) is 0 Å². The van der Waals surface area contributed by atoms with Gasteiger partial charge in [-0.25, -0.2) is 14.8 Å². The molecule has 6 heteroatoms. The second kappa shape index (κ2) is 3.14. The maximum Gasteiger partial charge on any atom is 0.235 e. The van der Waals surface area contributed by atoms with Crippen LogP contribution >= 0.6 is 11.6 Å². The monoisotopic (exact) mass is 234 g/mol. The average molecular weight is 235 g/mol. The van der Waals surface area contributed by atoms with Gasteiger partial charge in [-0.15, -0.1) is 0 Å². The molecule has 3 rings (SSSR count). The molecule has 1 aliphatic carbocycles. The number of rotatable bonds is 2. The number of hydrogen-bond donors (Lipinski definition) is 1. The number of H-pyrrole nitrogens is 1. The molecule has 2 aromatic rings. The molecule has 1 N–H and O–H groups in total. The Morgan fingerprint density at radius 1 is 1.50 bits per heavy atom. The first-order valence-electron chi connectivity index (χ1n) is 4.84. The summed E-state index contributed by atoms with van der Waals surface area (Å²) in [7, 11) is 0. The molecule has 1 saturated carbocycles. The lowest BCUT2D eigenvalue weighted by Crippen LogP contribution is -2.01. The van der Waals surface area contributed by atoms with Crippen LogP contribution in [0.4, 0.5) is 0 Å². The third-order valence-corrected chi connectivity index (χ3v) is 3.19. The summed E-state index contributed by atoms with van der Waals surface area (Å²) >= 11 is 6.03. The van der Waals surface area contributed by atoms with Crippen molar-refractivity contribution in [3.63, 3.8) is 0 Å². The maximum atomic E-state index is 10.4. The van der Waals surface area contributed by atoms with Gasteiger partial charge in [0.15, 0.2) is 0 Å². The van der Waals surface area contributed by atoms with Crippen molar-refractivity contribution in [3.8, 4) is 0 Å². The predicted molar refractivity (Wildman–Crippen MR) is 57.9 cm³/mol. The molecule has 5 nitrogen and oxygen atoms in total. The summed E-state index contributed by atoms with van der Waals surface area (Å²) in [5, 5.41) is 1.13. The molecule has 0 radical (unpaired) electrons. The number of fused-ring (bicyclic) bond motifs is 1. The highest BCUT2D eigenvalue weighted by Gasteiger charge is 2.47. The summed E-state index contributed by atoms with van der Waals surface area (Å²) in [5.74, 6) is 0. The molecular formula is C10H7ClN4O. The van der Waals surface area contributed by atoms with Crippen LogP contribution in [-0.4, -0.2) is 21.0 Å². The lowest BCUT2D eigenvalue weighted by molar-refractivity contribution is 0.556. The molecule has 0 saturated heterocycles. The van der Waals surface area contributed by atoms with Crippen LogP contribution in [0.2, 0.25) is 5.15 Å². The number of nitrogens with one attached hydrogen (secondary N) is 1. The molecular weight excluding hydrogens is 228 g/mol. The van der Waals surface area contributed by atoms with Gasteiger partial charge in [-0.1, -0.05) is 11.6 Å². The Hall–Kier alpha value is -1.71. The van der Waals surface area contributed by atoms with Gasteiger partial charge in [0.05, 0.1) is 5.39 Å². The van der Waals surface area contributed by atoms with Gasteiger partial charge in [-0.3, -0.25) is 0 Å². The third kappa shape index (κ3) is 1.19. The standard InChI is InChI=1S/C10H7ClN4O/c11-8-7-6(10(1-2-10)15-5-16)3-12-9(7)14-4-13-8/h3-4H,1-2H2,(H,12,13,14). The first kappa shape index (κ1) is 9.51. The van der Waals surface area contributed by atoms with Gasteiger partial charge in [0.25, 0.3) is 0 Å². The maximum absolute atomic E-state index is 10.4. The molecule has 2 heterocycles. The SMILES string of the molecule is O=C=NC1(c2c[nH]c3ncnc(Cl)c23)CC1. The van der Waals surface area contributed by atoms with Crippen molar-refractivity contribution < 1.29 is 4.79 Å². The van der Waals surface area contributed by atoms with E-state index in [1.54, 1.807) is 12.3 Å². The third-order valence-electron chi connectivity index (χ3n) is 2.91. The van der Waals surface area contributed by atoms with E-state index in [1.165, 1.54) is 6.33 Å². The summed E-state index contributed by atoms with van der Waals surface area (Å²) in [4.78, 5) is 25.3. The van der Waals surface area contributed by atoms with Crippen molar-refractivity contribution >= 4 is 28.7 Å². The van der Waals surface area contributed by atoms with E-state index in [-0.39, 0.29) is 0 Å². The van der Waals surface area contributed by atoms with E-state index in [4.69, 9.17) is 11.6 Å². The van der Waals surface area contributed by atoms with E-state index in [9.17, 15) is 4.79 Å². The van der Waals surface area contributed by atoms with Crippen molar-refractivity contribution in [2.24, 2.45) is 4.99 Å². The number of aromatic amines is 1. The largest absolute Gasteiger partial charge is 0.346 e. The molecule has 2 aromatic heterocycles. The molecule has 80 valence electrons. The number of nitrogens with zero attached hydrogens (tertiary/aromatic N) is 3. The van der Waals surface area contributed by atoms with E-state index in [2.05, 4.69) is 19.9 Å². The van der Waals surface area contributed by atoms with Crippen LogP contribution in [-0.2, 0) is 10.3 Å². The zero-order valence-electron chi connectivity index (χ0n) is 8.20. The molecule has 1 fully saturated rings. The number of aromatic nitrogens is 3. The molecule has 0 spiro atoms. The molecule has 0 aromatic carbocycles. The highest BCUT2D eigenvalue weighted by atomic mass is 35.5. The number of isocyanates is 1. The van der Waals surface area contributed by atoms with Crippen LogP contribution in [0, 0.1) is 0 Å². The quantitative estimate of drug-likeness (QED) is 0.490. The Morgan fingerprint density at radius 3 is 3.00 bits per heavy atom. The van der Waals surface area contributed by atoms with Crippen molar-refractivity contribution in [1.82, 2.24) is 15.0 Å². The average Bonchev–Trinajstić information content (AvgIpc) is 2.91. The van der Waals surface area contributed by atoms with Crippen LogP contribution in [0.1, 0.15) is 18.4 Å². The molecule has 1 aliphatic rings. The molecule has 0 atom stereocenters. The number of aliphatic imine (C=N–C) groups is 1. The van der Waals surface area contributed by atoms with Crippen LogP contribution in [0.5, 0.6) is 0 Å². The molecule has 0 aliphatic heterocycles. The fraction of sp³-hybridized carbons (Fsp3) is 0.300. The number of hydrogen-bond acceptors (Lipinski definition) is 4. The van der Waals surface area contributed by atoms with Gasteiger partial charge in [0.1, 0.15) is 22.7 Å². The lowest BCUT2D eigenvalue weighted by Gasteiger charge is -2.05. The van der Waals surface area contributed by atoms with E-state index in [0.717, 1.165) is 23.8 Å². The zero-order valence-corrected chi connectivity index (χ0v) is 8.95. The fourth-order valence-electron chi connectivity index (χ4n) is 1.94. The molecule has 0 amide bonds. The minimum absolute atomic E-state index is 0.383. The van der Waals surface area contributed by atoms with Crippen molar-refractivity contribution in [1.29, 1.82) is 0 Å². The van der Waals surface area contributed by atoms with Gasteiger partial charge >= 0.3 is 0 Å². The van der Waals surface area contributed by atoms with Crippen LogP contribution in [0.25, 0.3) is 11.0 Å². The van der Waals surface area contributed by atoms with E-state index < -0.39 is 5.54 Å². The second-order valence-corrected chi connectivity index (χ2v) is 4.18. The van der Waals surface area contributed by atoms with Crippen molar-refractivity contribution in [2.75, 3.05) is 0 Å². The lowest BCUT2D eigenvalue weighted by atomic mass is 10.1. The smallest absolute Gasteiger partial charge is 0.235 e. The highest BCUT2D eigenvalue weighted by Crippen LogP contribution is 2.51. The second-order valence-electron chi connectivity index (χ2n) is 3.83. The molecule has 0 unspecified atom stereocenters. The van der Waals surface area contributed by atoms with Gasteiger partial charge in [-0.05, 0) is 12.8 Å². The van der Waals surface area contributed by atoms with E-state index >= 15 is 0 Å².